The zero-order chi connectivity index (χ0) is 47.5. The molecule has 2 heterocycles. The van der Waals surface area contributed by atoms with E-state index in [0.717, 1.165) is 54.9 Å². The van der Waals surface area contributed by atoms with Gasteiger partial charge < -0.3 is 46.2 Å². The van der Waals surface area contributed by atoms with E-state index < -0.39 is 72.1 Å². The summed E-state index contributed by atoms with van der Waals surface area (Å²) in [7, 11) is -2.27. The van der Waals surface area contributed by atoms with Gasteiger partial charge in [-0.3, -0.25) is 38.0 Å². The SMILES string of the molecule is C=S1(=O)CCN(C(=O)c2cc(O)c(O)c(=O)cc2C)C1.Cc1cc(=O)c(O)c(O)cc1C(=O)NCCCc1ccccc1.Cc1ccc(NC(=O)c2cc(O)c(O)c(=O)cc2C)cn1. The number of rotatable bonds is 8. The molecule has 5 aromatic rings. The highest BCUT2D eigenvalue weighted by Crippen LogP contribution is 2.25. The fourth-order valence-electron chi connectivity index (χ4n) is 6.08. The molecule has 6 rings (SSSR count). The van der Waals surface area contributed by atoms with Gasteiger partial charge in [0.15, 0.2) is 17.2 Å². The number of pyridine rings is 1. The molecule has 1 aliphatic heterocycles. The Kier molecular flexibility index (Phi) is 16.3. The second kappa shape index (κ2) is 21.4. The first kappa shape index (κ1) is 48.9. The standard InChI is InChI=1S/C18H19NO4.C15H14N2O4.C13H15NO5S/c1-12-10-15(20)17(22)16(21)11-14(12)18(23)19-9-5-8-13-6-3-2-4-7-13;1-8-5-12(18)14(20)13(19)6-11(8)15(21)17-10-4-3-9(2)16-7-10;1-8-5-10(15)12(17)11(16)6-9(8)13(18)14-3-4-20(2,19)7-14/h2-4,6-7,10-11H,5,8-9H2,1H3,(H,19,23)(H2,20,21,22);3-7H,1-2H3,(H,17,21)(H2,18,19,20);5-6H,2-4,7H2,1H3,(H2,15,16,17). The monoisotopic (exact) mass is 896 g/mol. The second-order valence-corrected chi connectivity index (χ2v) is 17.4. The minimum atomic E-state index is -2.27. The number of amides is 3. The van der Waals surface area contributed by atoms with E-state index in [2.05, 4.69) is 21.5 Å². The third-order valence-corrected chi connectivity index (χ3v) is 11.4. The topological polar surface area (TPSA) is 281 Å². The van der Waals surface area contributed by atoms with Gasteiger partial charge in [0.2, 0.25) is 33.5 Å². The summed E-state index contributed by atoms with van der Waals surface area (Å²) in [6, 6.07) is 19.9. The predicted octanol–water partition coefficient (Wildman–Crippen LogP) is 3.75. The van der Waals surface area contributed by atoms with Crippen LogP contribution in [0.5, 0.6) is 34.5 Å². The van der Waals surface area contributed by atoms with Gasteiger partial charge in [0.1, 0.15) is 0 Å². The van der Waals surface area contributed by atoms with E-state index in [-0.39, 0.29) is 28.5 Å². The lowest BCUT2D eigenvalue weighted by Gasteiger charge is -2.15. The number of carbonyl (C=O) groups is 3. The third kappa shape index (κ3) is 13.1. The van der Waals surface area contributed by atoms with E-state index in [0.29, 0.717) is 41.2 Å². The molecule has 1 saturated heterocycles. The summed E-state index contributed by atoms with van der Waals surface area (Å²) in [5.74, 6) is -1.60. The van der Waals surface area contributed by atoms with Gasteiger partial charge in [-0.25, -0.2) is 0 Å². The number of aromatic nitrogens is 1. The van der Waals surface area contributed by atoms with Crippen LogP contribution in [0, 0.1) is 27.7 Å². The molecule has 64 heavy (non-hydrogen) atoms. The van der Waals surface area contributed by atoms with Crippen molar-refractivity contribution in [1.29, 1.82) is 0 Å². The van der Waals surface area contributed by atoms with Crippen molar-refractivity contribution in [1.82, 2.24) is 15.2 Å². The lowest BCUT2D eigenvalue weighted by Crippen LogP contribution is -2.29. The van der Waals surface area contributed by atoms with Gasteiger partial charge in [0.05, 0.1) is 17.8 Å². The number of carbonyl (C=O) groups excluding carboxylic acids is 3. The van der Waals surface area contributed by atoms with Crippen molar-refractivity contribution in [2.75, 3.05) is 30.0 Å². The van der Waals surface area contributed by atoms with Gasteiger partial charge in [-0.2, -0.15) is 0 Å². The highest BCUT2D eigenvalue weighted by atomic mass is 32.2. The van der Waals surface area contributed by atoms with Crippen molar-refractivity contribution in [3.05, 3.63) is 160 Å². The highest BCUT2D eigenvalue weighted by Gasteiger charge is 2.27. The molecule has 1 unspecified atom stereocenters. The number of hydrogen-bond acceptors (Lipinski definition) is 14. The summed E-state index contributed by atoms with van der Waals surface area (Å²) in [6.45, 7) is 7.27. The molecule has 4 aromatic carbocycles. The van der Waals surface area contributed by atoms with E-state index >= 15 is 0 Å². The summed E-state index contributed by atoms with van der Waals surface area (Å²) in [5.41, 5.74) is 1.68. The van der Waals surface area contributed by atoms with Crippen molar-refractivity contribution < 1.29 is 49.2 Å². The van der Waals surface area contributed by atoms with Crippen LogP contribution in [-0.4, -0.2) is 93.0 Å². The Labute approximate surface area is 367 Å². The Hall–Kier alpha value is -7.73. The van der Waals surface area contributed by atoms with Crippen molar-refractivity contribution in [3.63, 3.8) is 0 Å². The van der Waals surface area contributed by atoms with Gasteiger partial charge in [0.25, 0.3) is 17.7 Å². The van der Waals surface area contributed by atoms with Crippen LogP contribution in [0.4, 0.5) is 5.69 Å². The summed E-state index contributed by atoms with van der Waals surface area (Å²) in [4.78, 5) is 76.6. The third-order valence-electron chi connectivity index (χ3n) is 9.66. The van der Waals surface area contributed by atoms with Crippen molar-refractivity contribution in [3.8, 4) is 34.5 Å². The van der Waals surface area contributed by atoms with E-state index in [1.165, 1.54) is 23.6 Å². The number of nitrogens with one attached hydrogen (secondary N) is 2. The molecule has 0 bridgehead atoms. The summed E-state index contributed by atoms with van der Waals surface area (Å²) >= 11 is 0. The number of hydrogen-bond donors (Lipinski definition) is 8. The molecule has 0 spiro atoms. The van der Waals surface area contributed by atoms with Crippen LogP contribution in [0.2, 0.25) is 0 Å². The molecule has 1 atom stereocenters. The van der Waals surface area contributed by atoms with E-state index in [4.69, 9.17) is 0 Å². The molecule has 1 aromatic heterocycles. The molecule has 0 aliphatic carbocycles. The molecule has 1 aliphatic rings. The van der Waals surface area contributed by atoms with Gasteiger partial charge in [-0.05, 0) is 127 Å². The van der Waals surface area contributed by atoms with Crippen LogP contribution < -0.4 is 26.9 Å². The lowest BCUT2D eigenvalue weighted by molar-refractivity contribution is 0.0800. The fourth-order valence-corrected chi connectivity index (χ4v) is 7.57. The average molecular weight is 897 g/mol. The molecular formula is C46H48N4O13S. The Morgan fingerprint density at radius 3 is 1.64 bits per heavy atom. The van der Waals surface area contributed by atoms with Crippen molar-refractivity contribution >= 4 is 38.8 Å². The molecular weight excluding hydrogens is 849 g/mol. The fraction of sp³-hybridized carbons (Fsp3) is 0.217. The normalized spacial score (nSPS) is 13.9. The largest absolute Gasteiger partial charge is 0.504 e. The molecule has 8 N–H and O–H groups in total. The Bertz CT molecular complexity index is 2880. The number of benzene rings is 1. The summed E-state index contributed by atoms with van der Waals surface area (Å²) < 4.78 is 11.8. The summed E-state index contributed by atoms with van der Waals surface area (Å²) in [6.07, 6.45) is 3.12. The van der Waals surface area contributed by atoms with Crippen molar-refractivity contribution in [2.24, 2.45) is 0 Å². The number of anilines is 1. The van der Waals surface area contributed by atoms with Crippen LogP contribution in [-0.2, 0) is 15.9 Å². The molecule has 0 radical (unpaired) electrons. The van der Waals surface area contributed by atoms with Gasteiger partial charge >= 0.3 is 0 Å². The Balaban J connectivity index is 0.000000211. The number of aryl methyl sites for hydroxylation is 5. The van der Waals surface area contributed by atoms with Crippen molar-refractivity contribution in [2.45, 2.75) is 40.5 Å². The molecule has 0 saturated carbocycles. The van der Waals surface area contributed by atoms with Crippen LogP contribution in [0.15, 0.2) is 99.4 Å². The van der Waals surface area contributed by atoms with Gasteiger partial charge in [0, 0.05) is 41.2 Å². The maximum atomic E-state index is 12.3. The zero-order valence-corrected chi connectivity index (χ0v) is 36.2. The van der Waals surface area contributed by atoms with Gasteiger partial charge in [-0.15, -0.1) is 0 Å². The predicted molar refractivity (Wildman–Crippen MR) is 242 cm³/mol. The minimum Gasteiger partial charge on any atom is -0.504 e. The minimum absolute atomic E-state index is 0.0564. The first-order chi connectivity index (χ1) is 30.1. The number of aromatic hydroxyl groups is 6. The maximum Gasteiger partial charge on any atom is 0.256 e. The molecule has 3 amide bonds. The van der Waals surface area contributed by atoms with Gasteiger partial charge in [-0.1, -0.05) is 30.3 Å². The molecule has 18 heteroatoms. The van der Waals surface area contributed by atoms with E-state index in [1.54, 1.807) is 26.0 Å². The average Bonchev–Trinajstić information content (AvgIpc) is 3.50. The highest BCUT2D eigenvalue weighted by molar-refractivity contribution is 8.00. The molecule has 1 fully saturated rings. The van der Waals surface area contributed by atoms with Crippen LogP contribution >= 0.6 is 0 Å². The zero-order valence-electron chi connectivity index (χ0n) is 35.4. The first-order valence-corrected chi connectivity index (χ1v) is 21.5. The quantitative estimate of drug-likeness (QED) is 0.0814. The smallest absolute Gasteiger partial charge is 0.256 e. The molecule has 336 valence electrons. The van der Waals surface area contributed by atoms with Crippen LogP contribution in [0.1, 0.15) is 65.4 Å². The number of nitrogens with zero attached hydrogens (tertiary/aromatic N) is 2. The van der Waals surface area contributed by atoms with E-state index in [1.807, 2.05) is 37.3 Å². The first-order valence-electron chi connectivity index (χ1n) is 19.5. The van der Waals surface area contributed by atoms with E-state index in [9.17, 15) is 63.6 Å². The Morgan fingerprint density at radius 2 is 1.17 bits per heavy atom. The maximum absolute atomic E-state index is 12.3. The molecule has 17 nitrogen and oxygen atoms in total. The van der Waals surface area contributed by atoms with Crippen LogP contribution in [0.3, 0.4) is 0 Å². The summed E-state index contributed by atoms with van der Waals surface area (Å²) in [5, 5.41) is 62.4. The Morgan fingerprint density at radius 1 is 0.688 bits per heavy atom. The van der Waals surface area contributed by atoms with Crippen LogP contribution in [0.25, 0.3) is 0 Å². The second-order valence-electron chi connectivity index (χ2n) is 14.8. The lowest BCUT2D eigenvalue weighted by atomic mass is 10.1.